The van der Waals surface area contributed by atoms with E-state index in [-0.39, 0.29) is 103 Å². The lowest BCUT2D eigenvalue weighted by Crippen LogP contribution is -2.60. The standard InChI is InChI=1S/C35H34N4O12/c40-24-20-9-36-32(42)16-3-1-5-18(7-16)34(44)38-11-22-28-30(50-14-48-28)23(31-29(22)49-15-51-31)12-39-35(45)19-6-2-4-17(8-19)33(43)37-10-21(25(24)41)27-26(20)46-13-47-27/h1-8,22-23,28-31,40-41H,9-15H2,(H,36,42)(H,37,43)(H,38,44)(H,39,45)/t22-,23+,28+,29-,30-,31+. The molecule has 3 aromatic rings. The van der Waals surface area contributed by atoms with E-state index < -0.39 is 59.5 Å². The molecule has 16 heteroatoms. The molecule has 266 valence electrons. The highest BCUT2D eigenvalue weighted by atomic mass is 16.7. The van der Waals surface area contributed by atoms with Crippen molar-refractivity contribution in [3.63, 3.8) is 0 Å². The first-order chi connectivity index (χ1) is 24.8. The zero-order chi connectivity index (χ0) is 35.2. The van der Waals surface area contributed by atoms with Crippen LogP contribution in [0.25, 0.3) is 0 Å². The molecule has 8 bridgehead atoms. The molecule has 0 unspecified atom stereocenters. The van der Waals surface area contributed by atoms with E-state index >= 15 is 0 Å². The highest BCUT2D eigenvalue weighted by Crippen LogP contribution is 2.50. The molecular weight excluding hydrogens is 668 g/mol. The maximum absolute atomic E-state index is 13.4. The topological polar surface area (TPSA) is 212 Å². The molecule has 4 amide bonds. The summed E-state index contributed by atoms with van der Waals surface area (Å²) in [5.41, 5.74) is 0.921. The molecule has 0 aromatic heterocycles. The number of amides is 4. The number of fused-ring (bicyclic) bond motifs is 13. The van der Waals surface area contributed by atoms with E-state index in [0.29, 0.717) is 0 Å². The van der Waals surface area contributed by atoms with Crippen molar-refractivity contribution in [1.82, 2.24) is 21.3 Å². The van der Waals surface area contributed by atoms with E-state index in [1.165, 1.54) is 24.3 Å². The summed E-state index contributed by atoms with van der Waals surface area (Å²) in [6, 6.07) is 12.2. The van der Waals surface area contributed by atoms with Crippen LogP contribution in [-0.4, -0.2) is 91.7 Å². The molecule has 5 aliphatic rings. The van der Waals surface area contributed by atoms with Gasteiger partial charge in [-0.25, -0.2) is 0 Å². The van der Waals surface area contributed by atoms with Gasteiger partial charge in [-0.1, -0.05) is 12.1 Å². The minimum atomic E-state index is -0.566. The normalized spacial score (nSPS) is 27.6. The van der Waals surface area contributed by atoms with E-state index in [0.717, 1.165) is 0 Å². The molecule has 1 saturated carbocycles. The van der Waals surface area contributed by atoms with E-state index in [4.69, 9.17) is 28.4 Å². The van der Waals surface area contributed by atoms with Crippen LogP contribution in [0.2, 0.25) is 0 Å². The number of aromatic hydroxyl groups is 2. The van der Waals surface area contributed by atoms with Crippen molar-refractivity contribution >= 4 is 23.6 Å². The molecule has 51 heavy (non-hydrogen) atoms. The fourth-order valence-corrected chi connectivity index (χ4v) is 7.41. The average molecular weight is 703 g/mol. The molecule has 3 aromatic carbocycles. The second-order valence-corrected chi connectivity index (χ2v) is 12.8. The molecule has 3 fully saturated rings. The third-order valence-corrected chi connectivity index (χ3v) is 9.96. The maximum atomic E-state index is 13.4. The van der Waals surface area contributed by atoms with Gasteiger partial charge in [0.2, 0.25) is 6.79 Å². The van der Waals surface area contributed by atoms with Gasteiger partial charge in [-0.15, -0.1) is 0 Å². The SMILES string of the molecule is O=C1NCc2c(O)c(O)c(c3c2OCO3)CNC(=O)c2cccc(c2)C(=O)NC[C@H]2[C@H]3OCO[C@H]3[C@@H](CNC(=O)c3cccc1c3)[C@H]1OCO[C@@H]21. The predicted octanol–water partition coefficient (Wildman–Crippen LogP) is 0.889. The molecule has 2 saturated heterocycles. The van der Waals surface area contributed by atoms with Gasteiger partial charge in [0.05, 0.1) is 48.6 Å². The first-order valence-electron chi connectivity index (χ1n) is 16.4. The number of ether oxygens (including phenoxy) is 6. The first kappa shape index (κ1) is 32.8. The van der Waals surface area contributed by atoms with Gasteiger partial charge < -0.3 is 59.9 Å². The fourth-order valence-electron chi connectivity index (χ4n) is 7.41. The molecule has 16 nitrogen and oxygen atoms in total. The third-order valence-electron chi connectivity index (χ3n) is 9.96. The van der Waals surface area contributed by atoms with Crippen LogP contribution in [0.5, 0.6) is 23.0 Å². The number of hydrogen-bond donors (Lipinski definition) is 6. The molecule has 0 spiro atoms. The Morgan fingerprint density at radius 1 is 0.510 bits per heavy atom. The molecule has 6 N–H and O–H groups in total. The minimum absolute atomic E-state index is 0.0259. The van der Waals surface area contributed by atoms with Crippen molar-refractivity contribution in [2.45, 2.75) is 37.5 Å². The van der Waals surface area contributed by atoms with Gasteiger partial charge in [0.25, 0.3) is 23.6 Å². The fraction of sp³-hybridized carbons (Fsp3) is 0.371. The highest BCUT2D eigenvalue weighted by Gasteiger charge is 2.57. The Kier molecular flexibility index (Phi) is 8.59. The summed E-state index contributed by atoms with van der Waals surface area (Å²) in [4.78, 5) is 53.2. The van der Waals surface area contributed by atoms with Crippen LogP contribution in [0.1, 0.15) is 52.6 Å². The van der Waals surface area contributed by atoms with Gasteiger partial charge in [-0.05, 0) is 36.4 Å². The number of phenols is 2. The second-order valence-electron chi connectivity index (χ2n) is 12.8. The van der Waals surface area contributed by atoms with Crippen molar-refractivity contribution < 1.29 is 57.8 Å². The Morgan fingerprint density at radius 3 is 1.24 bits per heavy atom. The van der Waals surface area contributed by atoms with Crippen LogP contribution < -0.4 is 30.7 Å². The van der Waals surface area contributed by atoms with Gasteiger partial charge in [0, 0.05) is 47.2 Å². The summed E-state index contributed by atoms with van der Waals surface area (Å²) in [6.45, 7) is -0.389. The molecule has 4 aliphatic heterocycles. The summed E-state index contributed by atoms with van der Waals surface area (Å²) >= 11 is 0. The smallest absolute Gasteiger partial charge is 0.251 e. The Balaban J connectivity index is 1.12. The number of nitrogens with one attached hydrogen (secondary N) is 4. The first-order valence-corrected chi connectivity index (χ1v) is 16.4. The zero-order valence-corrected chi connectivity index (χ0v) is 27.0. The van der Waals surface area contributed by atoms with E-state index in [1.54, 1.807) is 24.3 Å². The van der Waals surface area contributed by atoms with Crippen molar-refractivity contribution in [3.05, 3.63) is 81.9 Å². The quantitative estimate of drug-likeness (QED) is 0.180. The van der Waals surface area contributed by atoms with Crippen LogP contribution in [0, 0.1) is 11.8 Å². The summed E-state index contributed by atoms with van der Waals surface area (Å²) in [7, 11) is 0. The van der Waals surface area contributed by atoms with Gasteiger partial charge in [0.15, 0.2) is 23.0 Å². The van der Waals surface area contributed by atoms with Crippen LogP contribution in [-0.2, 0) is 32.0 Å². The number of phenolic OH excluding ortho intramolecular Hbond substituents is 2. The van der Waals surface area contributed by atoms with Crippen LogP contribution >= 0.6 is 0 Å². The third kappa shape index (κ3) is 5.95. The lowest BCUT2D eigenvalue weighted by molar-refractivity contribution is -0.0824. The van der Waals surface area contributed by atoms with Gasteiger partial charge in [-0.2, -0.15) is 0 Å². The van der Waals surface area contributed by atoms with Gasteiger partial charge in [-0.3, -0.25) is 19.2 Å². The Labute approximate surface area is 290 Å². The van der Waals surface area contributed by atoms with Crippen molar-refractivity contribution in [2.24, 2.45) is 11.8 Å². The van der Waals surface area contributed by atoms with Crippen molar-refractivity contribution in [1.29, 1.82) is 0 Å². The number of benzene rings is 3. The predicted molar refractivity (Wildman–Crippen MR) is 172 cm³/mol. The average Bonchev–Trinajstić information content (AvgIpc) is 3.94. The second kappa shape index (κ2) is 13.4. The Bertz CT molecular complexity index is 1760. The van der Waals surface area contributed by atoms with Crippen molar-refractivity contribution in [3.8, 4) is 23.0 Å². The molecule has 4 heterocycles. The monoisotopic (exact) mass is 702 g/mol. The minimum Gasteiger partial charge on any atom is -0.504 e. The van der Waals surface area contributed by atoms with Crippen LogP contribution in [0.4, 0.5) is 0 Å². The van der Waals surface area contributed by atoms with E-state index in [1.807, 2.05) is 0 Å². The lowest BCUT2D eigenvalue weighted by atomic mass is 9.73. The lowest BCUT2D eigenvalue weighted by Gasteiger charge is -2.43. The number of hydrogen-bond acceptors (Lipinski definition) is 12. The molecule has 8 rings (SSSR count). The summed E-state index contributed by atoms with van der Waals surface area (Å²) in [6.07, 6.45) is -1.84. The summed E-state index contributed by atoms with van der Waals surface area (Å²) in [5.74, 6) is -3.60. The number of carbonyl (C=O) groups excluding carboxylic acids is 4. The Morgan fingerprint density at radius 2 is 0.863 bits per heavy atom. The molecule has 0 radical (unpaired) electrons. The van der Waals surface area contributed by atoms with Gasteiger partial charge >= 0.3 is 0 Å². The maximum Gasteiger partial charge on any atom is 0.251 e. The van der Waals surface area contributed by atoms with Crippen LogP contribution in [0.3, 0.4) is 0 Å². The zero-order valence-electron chi connectivity index (χ0n) is 27.0. The Hall–Kier alpha value is -5.42. The highest BCUT2D eigenvalue weighted by molar-refractivity contribution is 6.00. The number of rotatable bonds is 0. The summed E-state index contributed by atoms with van der Waals surface area (Å²) < 4.78 is 35.1. The largest absolute Gasteiger partial charge is 0.504 e. The molecular formula is C35H34N4O12. The van der Waals surface area contributed by atoms with Crippen molar-refractivity contribution in [2.75, 3.05) is 33.5 Å². The van der Waals surface area contributed by atoms with Gasteiger partial charge in [0.1, 0.15) is 13.6 Å². The van der Waals surface area contributed by atoms with E-state index in [2.05, 4.69) is 21.3 Å². The van der Waals surface area contributed by atoms with E-state index in [9.17, 15) is 29.4 Å². The van der Waals surface area contributed by atoms with Crippen LogP contribution in [0.15, 0.2) is 48.5 Å². The summed E-state index contributed by atoms with van der Waals surface area (Å²) in [5, 5.41) is 33.2. The number of carbonyl (C=O) groups is 4. The molecule has 6 atom stereocenters. The molecule has 1 aliphatic carbocycles.